The van der Waals surface area contributed by atoms with E-state index in [4.69, 9.17) is 5.26 Å². The zero-order chi connectivity index (χ0) is 26.2. The predicted molar refractivity (Wildman–Crippen MR) is 137 cm³/mol. The van der Waals surface area contributed by atoms with Crippen molar-refractivity contribution in [3.05, 3.63) is 102 Å². The van der Waals surface area contributed by atoms with E-state index in [1.54, 1.807) is 24.3 Å². The molecular weight excluding hydrogens is 474 g/mol. The van der Waals surface area contributed by atoms with Crippen LogP contribution in [0.25, 0.3) is 11.1 Å². The average Bonchev–Trinajstić information content (AvgIpc) is 3.43. The smallest absolute Gasteiger partial charge is 0.315 e. The Morgan fingerprint density at radius 3 is 2.35 bits per heavy atom. The summed E-state index contributed by atoms with van der Waals surface area (Å²) in [4.78, 5) is 17.5. The number of rotatable bonds is 10. The maximum Gasteiger partial charge on any atom is 0.333 e. The highest BCUT2D eigenvalue weighted by atomic mass is 19.3. The lowest BCUT2D eigenvalue weighted by molar-refractivity contribution is -0.117. The first-order chi connectivity index (χ1) is 17.9. The van der Waals surface area contributed by atoms with Gasteiger partial charge in [0.1, 0.15) is 5.82 Å². The van der Waals surface area contributed by atoms with Gasteiger partial charge in [0.15, 0.2) is 0 Å². The zero-order valence-electron chi connectivity index (χ0n) is 20.2. The average molecular weight is 501 g/mol. The van der Waals surface area contributed by atoms with Gasteiger partial charge in [-0.25, -0.2) is 9.67 Å². The minimum atomic E-state index is -2.71. The van der Waals surface area contributed by atoms with Crippen molar-refractivity contribution in [2.75, 3.05) is 18.4 Å². The largest absolute Gasteiger partial charge is 0.333 e. The third-order valence-electron chi connectivity index (χ3n) is 6.08. The number of amides is 1. The lowest BCUT2D eigenvalue weighted by Gasteiger charge is -2.20. The minimum absolute atomic E-state index is 0.191. The quantitative estimate of drug-likeness (QED) is 0.307. The summed E-state index contributed by atoms with van der Waals surface area (Å²) in [5.41, 5.74) is 3.72. The van der Waals surface area contributed by atoms with Crippen molar-refractivity contribution < 1.29 is 13.6 Å². The van der Waals surface area contributed by atoms with Gasteiger partial charge in [-0.05, 0) is 41.3 Å². The summed E-state index contributed by atoms with van der Waals surface area (Å²) >= 11 is 0. The fourth-order valence-corrected chi connectivity index (χ4v) is 3.94. The second kappa shape index (κ2) is 12.0. The third kappa shape index (κ3) is 6.63. The standard InChI is InChI=1S/C28H26F2N6O/c1-19(21-9-7-20(13-31)8-10-21)14-32-17-25(22-5-3-2-4-6-22)27(37)35-26-12-11-23(15-33-26)24-16-34-36(18-24)28(29)30/h2-12,15-16,18-19,25,28,32H,14,17H2,1H3,(H,33,35,37)/t19-,25?/m1/s1. The second-order valence-electron chi connectivity index (χ2n) is 8.66. The van der Waals surface area contributed by atoms with E-state index in [9.17, 15) is 13.6 Å². The molecule has 0 spiro atoms. The molecular formula is C28H26F2N6O. The number of alkyl halides is 2. The molecule has 0 radical (unpaired) electrons. The number of nitrogens with zero attached hydrogens (tertiary/aromatic N) is 4. The van der Waals surface area contributed by atoms with Gasteiger partial charge in [-0.15, -0.1) is 0 Å². The van der Waals surface area contributed by atoms with Crippen LogP contribution >= 0.6 is 0 Å². The van der Waals surface area contributed by atoms with Crippen LogP contribution in [-0.2, 0) is 4.79 Å². The van der Waals surface area contributed by atoms with Crippen LogP contribution in [0.4, 0.5) is 14.6 Å². The SMILES string of the molecule is C[C@H](CNCC(C(=O)Nc1ccc(-c2cnn(C(F)F)c2)cn1)c1ccccc1)c1ccc(C#N)cc1. The summed E-state index contributed by atoms with van der Waals surface area (Å²) in [7, 11) is 0. The van der Waals surface area contributed by atoms with E-state index in [0.717, 1.165) is 11.1 Å². The summed E-state index contributed by atoms with van der Waals surface area (Å²) in [5.74, 6) is -0.117. The number of benzene rings is 2. The minimum Gasteiger partial charge on any atom is -0.315 e. The van der Waals surface area contributed by atoms with Crippen LogP contribution in [0.1, 0.15) is 42.0 Å². The van der Waals surface area contributed by atoms with Crippen LogP contribution in [0.15, 0.2) is 85.3 Å². The first-order valence-electron chi connectivity index (χ1n) is 11.8. The van der Waals surface area contributed by atoms with Gasteiger partial charge in [-0.3, -0.25) is 4.79 Å². The number of nitrogens with one attached hydrogen (secondary N) is 2. The molecule has 2 aromatic heterocycles. The second-order valence-corrected chi connectivity index (χ2v) is 8.66. The Hall–Kier alpha value is -4.42. The Balaban J connectivity index is 1.40. The molecule has 4 aromatic rings. The molecule has 0 aliphatic heterocycles. The number of pyridine rings is 1. The van der Waals surface area contributed by atoms with Gasteiger partial charge >= 0.3 is 6.55 Å². The highest BCUT2D eigenvalue weighted by molar-refractivity contribution is 5.95. The van der Waals surface area contributed by atoms with E-state index in [-0.39, 0.29) is 11.8 Å². The van der Waals surface area contributed by atoms with Gasteiger partial charge in [-0.2, -0.15) is 19.1 Å². The van der Waals surface area contributed by atoms with E-state index in [2.05, 4.69) is 33.7 Å². The van der Waals surface area contributed by atoms with Crippen molar-refractivity contribution in [3.63, 3.8) is 0 Å². The first-order valence-corrected chi connectivity index (χ1v) is 11.8. The molecule has 2 heterocycles. The fourth-order valence-electron chi connectivity index (χ4n) is 3.94. The van der Waals surface area contributed by atoms with Crippen LogP contribution in [-0.4, -0.2) is 33.8 Å². The molecule has 2 aromatic carbocycles. The Kier molecular flexibility index (Phi) is 8.33. The normalized spacial score (nSPS) is 12.6. The maximum atomic E-state index is 13.2. The maximum absolute atomic E-state index is 13.2. The molecule has 0 saturated heterocycles. The van der Waals surface area contributed by atoms with Crippen LogP contribution in [0.3, 0.4) is 0 Å². The number of halogens is 2. The van der Waals surface area contributed by atoms with Crippen LogP contribution in [0.5, 0.6) is 0 Å². The summed E-state index contributed by atoms with van der Waals surface area (Å²) in [6.07, 6.45) is 4.10. The van der Waals surface area contributed by atoms with Crippen molar-refractivity contribution in [1.29, 1.82) is 5.26 Å². The van der Waals surface area contributed by atoms with Gasteiger partial charge in [-0.1, -0.05) is 49.4 Å². The molecule has 1 amide bonds. The Bertz CT molecular complexity index is 1350. The lowest BCUT2D eigenvalue weighted by atomic mass is 9.96. The van der Waals surface area contributed by atoms with Gasteiger partial charge < -0.3 is 10.6 Å². The van der Waals surface area contributed by atoms with Crippen molar-refractivity contribution in [1.82, 2.24) is 20.1 Å². The lowest BCUT2D eigenvalue weighted by Crippen LogP contribution is -2.32. The molecule has 1 unspecified atom stereocenters. The Morgan fingerprint density at radius 2 is 1.73 bits per heavy atom. The highest BCUT2D eigenvalue weighted by Gasteiger charge is 2.21. The fraction of sp³-hybridized carbons (Fsp3) is 0.214. The molecule has 0 fully saturated rings. The third-order valence-corrected chi connectivity index (χ3v) is 6.08. The molecule has 0 saturated carbocycles. The monoisotopic (exact) mass is 500 g/mol. The molecule has 0 aliphatic rings. The van der Waals surface area contributed by atoms with Crippen molar-refractivity contribution in [2.45, 2.75) is 25.3 Å². The van der Waals surface area contributed by atoms with E-state index in [0.29, 0.717) is 40.3 Å². The molecule has 188 valence electrons. The van der Waals surface area contributed by atoms with Gasteiger partial charge in [0.25, 0.3) is 0 Å². The summed E-state index contributed by atoms with van der Waals surface area (Å²) < 4.78 is 26.2. The molecule has 9 heteroatoms. The molecule has 7 nitrogen and oxygen atoms in total. The highest BCUT2D eigenvalue weighted by Crippen LogP contribution is 2.23. The van der Waals surface area contributed by atoms with E-state index >= 15 is 0 Å². The molecule has 2 N–H and O–H groups in total. The Labute approximate surface area is 213 Å². The first kappa shape index (κ1) is 25.7. The van der Waals surface area contributed by atoms with Gasteiger partial charge in [0.05, 0.1) is 23.7 Å². The van der Waals surface area contributed by atoms with Gasteiger partial charge in [0.2, 0.25) is 5.91 Å². The summed E-state index contributed by atoms with van der Waals surface area (Å²) in [5, 5.41) is 18.9. The number of anilines is 1. The number of hydrogen-bond acceptors (Lipinski definition) is 5. The number of carbonyl (C=O) groups is 1. The molecule has 4 rings (SSSR count). The van der Waals surface area contributed by atoms with Crippen LogP contribution in [0.2, 0.25) is 0 Å². The van der Waals surface area contributed by atoms with E-state index < -0.39 is 12.5 Å². The molecule has 37 heavy (non-hydrogen) atoms. The van der Waals surface area contributed by atoms with Crippen LogP contribution in [0, 0.1) is 11.3 Å². The number of aromatic nitrogens is 3. The number of carbonyl (C=O) groups excluding carboxylic acids is 1. The van der Waals surface area contributed by atoms with Gasteiger partial charge in [0, 0.05) is 36.6 Å². The molecule has 0 aliphatic carbocycles. The predicted octanol–water partition coefficient (Wildman–Crippen LogP) is 5.33. The molecule has 0 bridgehead atoms. The topological polar surface area (TPSA) is 95.6 Å². The van der Waals surface area contributed by atoms with E-state index in [1.165, 1.54) is 18.6 Å². The number of nitriles is 1. The summed E-state index contributed by atoms with van der Waals surface area (Å²) in [6.45, 7) is 0.446. The van der Waals surface area contributed by atoms with Crippen molar-refractivity contribution >= 4 is 11.7 Å². The van der Waals surface area contributed by atoms with Crippen LogP contribution < -0.4 is 10.6 Å². The summed E-state index contributed by atoms with van der Waals surface area (Å²) in [6, 6.07) is 22.4. The number of hydrogen-bond donors (Lipinski definition) is 2. The zero-order valence-corrected chi connectivity index (χ0v) is 20.2. The van der Waals surface area contributed by atoms with Crippen molar-refractivity contribution in [3.8, 4) is 17.2 Å². The Morgan fingerprint density at radius 1 is 0.973 bits per heavy atom. The van der Waals surface area contributed by atoms with E-state index in [1.807, 2.05) is 42.5 Å². The van der Waals surface area contributed by atoms with Crippen molar-refractivity contribution in [2.24, 2.45) is 0 Å². The molecule has 2 atom stereocenters.